The number of carboxylic acid groups (broad SMARTS) is 1. The minimum absolute atomic E-state index is 0.155. The first-order chi connectivity index (χ1) is 7.63. The van der Waals surface area contributed by atoms with Gasteiger partial charge in [0, 0.05) is 20.2 Å². The van der Waals surface area contributed by atoms with Gasteiger partial charge in [0.2, 0.25) is 0 Å². The van der Waals surface area contributed by atoms with Crippen LogP contribution in [0, 0.1) is 0 Å². The van der Waals surface area contributed by atoms with Crippen molar-refractivity contribution in [2.45, 2.75) is 19.6 Å². The van der Waals surface area contributed by atoms with Crippen molar-refractivity contribution in [3.63, 3.8) is 0 Å². The number of ether oxygens (including phenoxy) is 1. The summed E-state index contributed by atoms with van der Waals surface area (Å²) in [6.07, 6.45) is 0.155. The van der Waals surface area contributed by atoms with E-state index in [1.807, 2.05) is 13.0 Å². The first kappa shape index (κ1) is 12.7. The molecular formula is C12H17NO3. The molecule has 0 heterocycles. The highest BCUT2D eigenvalue weighted by Gasteiger charge is 2.03. The van der Waals surface area contributed by atoms with Crippen molar-refractivity contribution < 1.29 is 14.6 Å². The Kier molecular flexibility index (Phi) is 4.95. The van der Waals surface area contributed by atoms with Crippen molar-refractivity contribution >= 4 is 5.97 Å². The maximum Gasteiger partial charge on any atom is 0.335 e. The molecule has 0 amide bonds. The summed E-state index contributed by atoms with van der Waals surface area (Å²) >= 11 is 0. The Labute approximate surface area is 95.2 Å². The van der Waals surface area contributed by atoms with Crippen molar-refractivity contribution in [3.05, 3.63) is 35.4 Å². The molecule has 0 aliphatic heterocycles. The second-order valence-corrected chi connectivity index (χ2v) is 3.68. The van der Waals surface area contributed by atoms with Gasteiger partial charge in [0.1, 0.15) is 0 Å². The first-order valence-electron chi connectivity index (χ1n) is 5.19. The number of methoxy groups -OCH3 is 1. The summed E-state index contributed by atoms with van der Waals surface area (Å²) in [6.45, 7) is 3.36. The summed E-state index contributed by atoms with van der Waals surface area (Å²) in [5.74, 6) is -0.896. The fourth-order valence-electron chi connectivity index (χ4n) is 1.32. The maximum atomic E-state index is 10.7. The predicted octanol–water partition coefficient (Wildman–Crippen LogP) is 1.51. The molecule has 1 unspecified atom stereocenters. The largest absolute Gasteiger partial charge is 0.478 e. The number of carbonyl (C=O) groups is 1. The highest BCUT2D eigenvalue weighted by atomic mass is 16.5. The Balaban J connectivity index is 2.48. The zero-order valence-corrected chi connectivity index (χ0v) is 9.56. The van der Waals surface area contributed by atoms with Crippen molar-refractivity contribution in [1.82, 2.24) is 5.32 Å². The van der Waals surface area contributed by atoms with E-state index in [2.05, 4.69) is 5.32 Å². The first-order valence-corrected chi connectivity index (χ1v) is 5.19. The lowest BCUT2D eigenvalue weighted by Gasteiger charge is -2.10. The molecule has 4 nitrogen and oxygen atoms in total. The Hall–Kier alpha value is -1.39. The topological polar surface area (TPSA) is 58.6 Å². The van der Waals surface area contributed by atoms with E-state index >= 15 is 0 Å². The van der Waals surface area contributed by atoms with Crippen LogP contribution in [0.4, 0.5) is 0 Å². The minimum Gasteiger partial charge on any atom is -0.478 e. The maximum absolute atomic E-state index is 10.7. The van der Waals surface area contributed by atoms with Gasteiger partial charge in [0.25, 0.3) is 0 Å². The normalized spacial score (nSPS) is 12.4. The molecule has 0 saturated heterocycles. The molecule has 0 aliphatic rings. The van der Waals surface area contributed by atoms with E-state index < -0.39 is 5.97 Å². The van der Waals surface area contributed by atoms with Crippen LogP contribution in [0.15, 0.2) is 24.3 Å². The van der Waals surface area contributed by atoms with Gasteiger partial charge in [0.05, 0.1) is 11.7 Å². The molecule has 0 saturated carbocycles. The second kappa shape index (κ2) is 6.25. The standard InChI is InChI=1S/C12H17NO3/c1-9(16-2)7-13-8-10-4-3-5-11(6-10)12(14)15/h3-6,9,13H,7-8H2,1-2H3,(H,14,15). The van der Waals surface area contributed by atoms with Gasteiger partial charge in [-0.25, -0.2) is 4.79 Å². The lowest BCUT2D eigenvalue weighted by molar-refractivity contribution is 0.0696. The van der Waals surface area contributed by atoms with Crippen LogP contribution < -0.4 is 5.32 Å². The van der Waals surface area contributed by atoms with Crippen LogP contribution in [-0.2, 0) is 11.3 Å². The van der Waals surface area contributed by atoms with Crippen LogP contribution >= 0.6 is 0 Å². The summed E-state index contributed by atoms with van der Waals surface area (Å²) in [5.41, 5.74) is 1.28. The molecule has 0 spiro atoms. The van der Waals surface area contributed by atoms with Gasteiger partial charge in [-0.15, -0.1) is 0 Å². The molecule has 0 aliphatic carbocycles. The van der Waals surface area contributed by atoms with Gasteiger partial charge in [-0.05, 0) is 24.6 Å². The molecule has 1 aromatic rings. The van der Waals surface area contributed by atoms with E-state index in [4.69, 9.17) is 9.84 Å². The smallest absolute Gasteiger partial charge is 0.335 e. The van der Waals surface area contributed by atoms with E-state index in [1.54, 1.807) is 25.3 Å². The molecule has 0 fully saturated rings. The van der Waals surface area contributed by atoms with E-state index in [0.717, 1.165) is 12.1 Å². The van der Waals surface area contributed by atoms with Crippen LogP contribution in [0.25, 0.3) is 0 Å². The predicted molar refractivity (Wildman–Crippen MR) is 61.6 cm³/mol. The zero-order valence-electron chi connectivity index (χ0n) is 9.56. The highest BCUT2D eigenvalue weighted by Crippen LogP contribution is 2.05. The number of carboxylic acids is 1. The van der Waals surface area contributed by atoms with Crippen LogP contribution in [0.3, 0.4) is 0 Å². The van der Waals surface area contributed by atoms with Gasteiger partial charge in [0.15, 0.2) is 0 Å². The highest BCUT2D eigenvalue weighted by molar-refractivity contribution is 5.87. The molecule has 2 N–H and O–H groups in total. The van der Waals surface area contributed by atoms with Crippen molar-refractivity contribution in [3.8, 4) is 0 Å². The number of hydrogen-bond acceptors (Lipinski definition) is 3. The lowest BCUT2D eigenvalue weighted by Crippen LogP contribution is -2.25. The third-order valence-electron chi connectivity index (χ3n) is 2.34. The van der Waals surface area contributed by atoms with Crippen molar-refractivity contribution in [2.24, 2.45) is 0 Å². The number of hydrogen-bond donors (Lipinski definition) is 2. The summed E-state index contributed by atoms with van der Waals surface area (Å²) in [7, 11) is 1.66. The van der Waals surface area contributed by atoms with E-state index in [1.165, 1.54) is 0 Å². The molecule has 0 aromatic heterocycles. The molecule has 0 bridgehead atoms. The Morgan fingerprint density at radius 1 is 1.56 bits per heavy atom. The van der Waals surface area contributed by atoms with E-state index in [-0.39, 0.29) is 6.10 Å². The van der Waals surface area contributed by atoms with Gasteiger partial charge >= 0.3 is 5.97 Å². The molecule has 1 rings (SSSR count). The average molecular weight is 223 g/mol. The zero-order chi connectivity index (χ0) is 12.0. The third kappa shape index (κ3) is 4.00. The number of aromatic carboxylic acids is 1. The fourth-order valence-corrected chi connectivity index (χ4v) is 1.32. The third-order valence-corrected chi connectivity index (χ3v) is 2.34. The Bertz CT molecular complexity index is 352. The molecule has 1 atom stereocenters. The summed E-state index contributed by atoms with van der Waals surface area (Å²) in [6, 6.07) is 6.91. The minimum atomic E-state index is -0.896. The Morgan fingerprint density at radius 2 is 2.31 bits per heavy atom. The number of rotatable bonds is 6. The lowest BCUT2D eigenvalue weighted by atomic mass is 10.1. The van der Waals surface area contributed by atoms with Crippen LogP contribution in [0.1, 0.15) is 22.8 Å². The molecule has 1 aromatic carbocycles. The molecule has 88 valence electrons. The molecule has 4 heteroatoms. The molecular weight excluding hydrogens is 206 g/mol. The SMILES string of the molecule is COC(C)CNCc1cccc(C(=O)O)c1. The van der Waals surface area contributed by atoms with Gasteiger partial charge in [-0.1, -0.05) is 12.1 Å². The van der Waals surface area contributed by atoms with Crippen LogP contribution in [-0.4, -0.2) is 30.8 Å². The summed E-state index contributed by atoms with van der Waals surface area (Å²) in [4.78, 5) is 10.7. The molecule has 16 heavy (non-hydrogen) atoms. The molecule has 0 radical (unpaired) electrons. The quantitative estimate of drug-likeness (QED) is 0.767. The van der Waals surface area contributed by atoms with E-state index in [9.17, 15) is 4.79 Å². The van der Waals surface area contributed by atoms with Gasteiger partial charge < -0.3 is 15.2 Å². The van der Waals surface area contributed by atoms with Gasteiger partial charge in [-0.3, -0.25) is 0 Å². The van der Waals surface area contributed by atoms with Crippen molar-refractivity contribution in [1.29, 1.82) is 0 Å². The van der Waals surface area contributed by atoms with Crippen LogP contribution in [0.2, 0.25) is 0 Å². The average Bonchev–Trinajstić information content (AvgIpc) is 2.29. The fraction of sp³-hybridized carbons (Fsp3) is 0.417. The number of nitrogens with one attached hydrogen (secondary N) is 1. The van der Waals surface area contributed by atoms with Gasteiger partial charge in [-0.2, -0.15) is 0 Å². The summed E-state index contributed by atoms with van der Waals surface area (Å²) < 4.78 is 5.09. The summed E-state index contributed by atoms with van der Waals surface area (Å²) in [5, 5.41) is 12.0. The Morgan fingerprint density at radius 3 is 2.94 bits per heavy atom. The monoisotopic (exact) mass is 223 g/mol. The number of benzene rings is 1. The van der Waals surface area contributed by atoms with Crippen molar-refractivity contribution in [2.75, 3.05) is 13.7 Å². The van der Waals surface area contributed by atoms with Crippen LogP contribution in [0.5, 0.6) is 0 Å². The second-order valence-electron chi connectivity index (χ2n) is 3.68. The van der Waals surface area contributed by atoms with E-state index in [0.29, 0.717) is 12.1 Å².